The second-order valence-corrected chi connectivity index (χ2v) is 10.3. The van der Waals surface area contributed by atoms with E-state index < -0.39 is 30.5 Å². The second kappa shape index (κ2) is 20.4. The molecular formula is C30H47NO11. The number of hydrogen-bond donors (Lipinski definition) is 1. The summed E-state index contributed by atoms with van der Waals surface area (Å²) in [6.07, 6.45) is -0.0813. The van der Waals surface area contributed by atoms with Gasteiger partial charge in [0.2, 0.25) is 0 Å². The summed E-state index contributed by atoms with van der Waals surface area (Å²) in [4.78, 5) is 48.9. The third-order valence-electron chi connectivity index (χ3n) is 6.58. The van der Waals surface area contributed by atoms with Gasteiger partial charge in [0.05, 0.1) is 26.9 Å². The standard InChI is InChI=1S/C30H47NO11/c1-8-20(4)17-38-28(33)37-14-13-31-24(27(32)36-7)15-23-11-12-25(41-29(34)39-18-21(5)9-2)26(16-23)42-30(35)40-19-22(6)10-3/h11-12,16,20-22,24,31H,8-10,13-15,17-19H2,1-7H3/t20?,21?,22?,24-/m0/s1. The number of carbonyl (C=O) groups excluding carboxylic acids is 4. The van der Waals surface area contributed by atoms with Crippen LogP contribution in [0.15, 0.2) is 18.2 Å². The number of hydrogen-bond acceptors (Lipinski definition) is 12. The molecule has 0 fully saturated rings. The van der Waals surface area contributed by atoms with Gasteiger partial charge in [-0.3, -0.25) is 4.79 Å². The van der Waals surface area contributed by atoms with Crippen LogP contribution in [0.3, 0.4) is 0 Å². The molecule has 0 saturated carbocycles. The molecule has 1 rings (SSSR count). The highest BCUT2D eigenvalue weighted by molar-refractivity contribution is 5.76. The van der Waals surface area contributed by atoms with Gasteiger partial charge in [0.15, 0.2) is 11.5 Å². The van der Waals surface area contributed by atoms with Gasteiger partial charge in [0.25, 0.3) is 0 Å². The number of nitrogens with one attached hydrogen (secondary N) is 1. The maximum Gasteiger partial charge on any atom is 0.513 e. The van der Waals surface area contributed by atoms with Crippen molar-refractivity contribution in [3.8, 4) is 11.5 Å². The minimum atomic E-state index is -0.967. The zero-order chi connectivity index (χ0) is 31.5. The Morgan fingerprint density at radius 2 is 1.21 bits per heavy atom. The van der Waals surface area contributed by atoms with Crippen molar-refractivity contribution in [2.24, 2.45) is 17.8 Å². The maximum atomic E-state index is 12.5. The van der Waals surface area contributed by atoms with Crippen molar-refractivity contribution in [2.75, 3.05) is 40.1 Å². The quantitative estimate of drug-likeness (QED) is 0.0961. The molecule has 4 atom stereocenters. The average molecular weight is 598 g/mol. The van der Waals surface area contributed by atoms with Crippen LogP contribution in [0.1, 0.15) is 66.4 Å². The number of benzene rings is 1. The Morgan fingerprint density at radius 3 is 1.71 bits per heavy atom. The summed E-state index contributed by atoms with van der Waals surface area (Å²) >= 11 is 0. The molecule has 0 radical (unpaired) electrons. The monoisotopic (exact) mass is 597 g/mol. The van der Waals surface area contributed by atoms with Crippen molar-refractivity contribution in [3.05, 3.63) is 23.8 Å². The molecule has 0 aromatic heterocycles. The van der Waals surface area contributed by atoms with E-state index in [4.69, 9.17) is 33.2 Å². The minimum Gasteiger partial charge on any atom is -0.468 e. The molecule has 1 N–H and O–H groups in total. The zero-order valence-corrected chi connectivity index (χ0v) is 25.9. The Labute approximate surface area is 248 Å². The number of ether oxygens (including phenoxy) is 7. The molecule has 12 heteroatoms. The van der Waals surface area contributed by atoms with Crippen LogP contribution < -0.4 is 14.8 Å². The van der Waals surface area contributed by atoms with Crippen molar-refractivity contribution in [2.45, 2.75) is 73.3 Å². The molecule has 1 aromatic carbocycles. The van der Waals surface area contributed by atoms with Crippen molar-refractivity contribution in [1.82, 2.24) is 5.32 Å². The summed E-state index contributed by atoms with van der Waals surface area (Å²) in [5, 5.41) is 2.98. The van der Waals surface area contributed by atoms with Crippen molar-refractivity contribution < 1.29 is 52.3 Å². The van der Waals surface area contributed by atoms with E-state index in [0.29, 0.717) is 5.56 Å². The van der Waals surface area contributed by atoms with Gasteiger partial charge >= 0.3 is 24.4 Å². The topological polar surface area (TPSA) is 145 Å². The van der Waals surface area contributed by atoms with Crippen molar-refractivity contribution in [1.29, 1.82) is 0 Å². The molecule has 0 saturated heterocycles. The van der Waals surface area contributed by atoms with Crippen LogP contribution in [-0.4, -0.2) is 70.6 Å². The zero-order valence-electron chi connectivity index (χ0n) is 25.9. The number of carbonyl (C=O) groups is 4. The third-order valence-corrected chi connectivity index (χ3v) is 6.58. The number of rotatable bonds is 18. The maximum absolute atomic E-state index is 12.5. The normalized spacial score (nSPS) is 13.6. The molecule has 0 aliphatic carbocycles. The summed E-state index contributed by atoms with van der Waals surface area (Å²) in [7, 11) is 1.25. The predicted octanol–water partition coefficient (Wildman–Crippen LogP) is 5.68. The summed E-state index contributed by atoms with van der Waals surface area (Å²) in [5.41, 5.74) is 0.553. The van der Waals surface area contributed by atoms with E-state index in [-0.39, 0.29) is 68.6 Å². The summed E-state index contributed by atoms with van der Waals surface area (Å²) < 4.78 is 36.0. The van der Waals surface area contributed by atoms with E-state index in [2.05, 4.69) is 5.32 Å². The van der Waals surface area contributed by atoms with E-state index in [9.17, 15) is 19.2 Å². The molecule has 1 aromatic rings. The van der Waals surface area contributed by atoms with Gasteiger partial charge in [-0.25, -0.2) is 14.4 Å². The Kier molecular flexibility index (Phi) is 17.7. The van der Waals surface area contributed by atoms with E-state index >= 15 is 0 Å². The van der Waals surface area contributed by atoms with Crippen LogP contribution in [0, 0.1) is 17.8 Å². The van der Waals surface area contributed by atoms with Crippen LogP contribution in [0.4, 0.5) is 14.4 Å². The lowest BCUT2D eigenvalue weighted by Gasteiger charge is -2.18. The van der Waals surface area contributed by atoms with Crippen LogP contribution in [0.5, 0.6) is 11.5 Å². The predicted molar refractivity (Wildman–Crippen MR) is 154 cm³/mol. The first-order chi connectivity index (χ1) is 20.0. The molecule has 0 aliphatic heterocycles. The van der Waals surface area contributed by atoms with Crippen molar-refractivity contribution >= 4 is 24.4 Å². The second-order valence-electron chi connectivity index (χ2n) is 10.3. The lowest BCUT2D eigenvalue weighted by molar-refractivity contribution is -0.143. The Hall–Kier alpha value is -3.54. The molecular weight excluding hydrogens is 550 g/mol. The number of methoxy groups -OCH3 is 1. The number of esters is 1. The lowest BCUT2D eigenvalue weighted by Crippen LogP contribution is -2.41. The van der Waals surface area contributed by atoms with Crippen LogP contribution in [0.2, 0.25) is 0 Å². The van der Waals surface area contributed by atoms with Gasteiger partial charge < -0.3 is 38.5 Å². The first kappa shape index (κ1) is 36.5. The van der Waals surface area contributed by atoms with Crippen LogP contribution in [0.25, 0.3) is 0 Å². The van der Waals surface area contributed by atoms with Gasteiger partial charge in [-0.05, 0) is 41.9 Å². The van der Waals surface area contributed by atoms with E-state index in [1.807, 2.05) is 41.5 Å². The fraction of sp³-hybridized carbons (Fsp3) is 0.667. The molecule has 0 aliphatic rings. The summed E-state index contributed by atoms with van der Waals surface area (Å²) in [5.74, 6) is -0.193. The minimum absolute atomic E-state index is 0.0330. The van der Waals surface area contributed by atoms with Gasteiger partial charge in [0, 0.05) is 6.54 Å². The first-order valence-corrected chi connectivity index (χ1v) is 14.5. The lowest BCUT2D eigenvalue weighted by atomic mass is 10.1. The van der Waals surface area contributed by atoms with Gasteiger partial charge in [0.1, 0.15) is 12.6 Å². The highest BCUT2D eigenvalue weighted by Crippen LogP contribution is 2.30. The van der Waals surface area contributed by atoms with Gasteiger partial charge in [-0.15, -0.1) is 0 Å². The SMILES string of the molecule is CCC(C)COC(=O)OCCN[C@@H](Cc1ccc(OC(=O)OCC(C)CC)c(OC(=O)OCC(C)CC)c1)C(=O)OC. The van der Waals surface area contributed by atoms with Crippen LogP contribution in [-0.2, 0) is 34.9 Å². The highest BCUT2D eigenvalue weighted by atomic mass is 16.7. The molecule has 238 valence electrons. The van der Waals surface area contributed by atoms with E-state index in [1.54, 1.807) is 6.07 Å². The fourth-order valence-electron chi connectivity index (χ4n) is 3.09. The molecule has 0 bridgehead atoms. The Balaban J connectivity index is 2.95. The molecule has 42 heavy (non-hydrogen) atoms. The van der Waals surface area contributed by atoms with Gasteiger partial charge in [-0.2, -0.15) is 0 Å². The van der Waals surface area contributed by atoms with E-state index in [1.165, 1.54) is 19.2 Å². The third kappa shape index (κ3) is 14.9. The summed E-state index contributed by atoms with van der Waals surface area (Å²) in [6.45, 7) is 12.5. The fourth-order valence-corrected chi connectivity index (χ4v) is 3.09. The average Bonchev–Trinajstić information content (AvgIpc) is 2.99. The van der Waals surface area contributed by atoms with Gasteiger partial charge in [-0.1, -0.05) is 66.9 Å². The molecule has 0 heterocycles. The molecule has 12 nitrogen and oxygen atoms in total. The first-order valence-electron chi connectivity index (χ1n) is 14.5. The van der Waals surface area contributed by atoms with Crippen LogP contribution >= 0.6 is 0 Å². The highest BCUT2D eigenvalue weighted by Gasteiger charge is 2.22. The molecule has 3 unspecified atom stereocenters. The molecule has 0 amide bonds. The Bertz CT molecular complexity index is 984. The van der Waals surface area contributed by atoms with Crippen molar-refractivity contribution in [3.63, 3.8) is 0 Å². The Morgan fingerprint density at radius 1 is 0.714 bits per heavy atom. The van der Waals surface area contributed by atoms with E-state index in [0.717, 1.165) is 19.3 Å². The largest absolute Gasteiger partial charge is 0.513 e. The molecule has 0 spiro atoms. The smallest absolute Gasteiger partial charge is 0.468 e. The summed E-state index contributed by atoms with van der Waals surface area (Å²) in [6, 6.07) is 3.67.